The average Bonchev–Trinajstić information content (AvgIpc) is 2.65. The average molecular weight is 398 g/mol. The molecule has 0 saturated carbocycles. The maximum atomic E-state index is 10.8. The minimum Gasteiger partial charge on any atom is -0.410 e. The number of hydrogen-bond acceptors (Lipinski definition) is 7. The molecular weight excluding hydrogens is 382 g/mol. The van der Waals surface area contributed by atoms with E-state index in [4.69, 9.17) is 17.3 Å². The van der Waals surface area contributed by atoms with E-state index >= 15 is 0 Å². The summed E-state index contributed by atoms with van der Waals surface area (Å²) in [6, 6.07) is 15.3. The fourth-order valence-electron chi connectivity index (χ4n) is 2.72. The van der Waals surface area contributed by atoms with Crippen LogP contribution in [0.25, 0.3) is 0 Å². The number of hydrogen-bond donors (Lipinski definition) is 3. The summed E-state index contributed by atoms with van der Waals surface area (Å²) in [6.07, 6.45) is 0. The Morgan fingerprint density at radius 2 is 1.96 bits per heavy atom. The third kappa shape index (κ3) is 3.86. The van der Waals surface area contributed by atoms with Gasteiger partial charge in [-0.05, 0) is 36.8 Å². The Morgan fingerprint density at radius 1 is 1.21 bits per heavy atom. The van der Waals surface area contributed by atoms with Crippen molar-refractivity contribution in [2.75, 3.05) is 11.1 Å². The van der Waals surface area contributed by atoms with Crippen LogP contribution in [0.5, 0.6) is 0 Å². The van der Waals surface area contributed by atoms with Crippen molar-refractivity contribution in [3.63, 3.8) is 0 Å². The number of nitrogens with one attached hydrogen (secondary N) is 1. The number of benzene rings is 2. The van der Waals surface area contributed by atoms with Gasteiger partial charge < -0.3 is 16.3 Å². The van der Waals surface area contributed by atoms with Gasteiger partial charge in [0.2, 0.25) is 5.82 Å². The molecular formula is C19H16ClN5O3. The lowest BCUT2D eigenvalue weighted by molar-refractivity contribution is -0.384. The summed E-state index contributed by atoms with van der Waals surface area (Å²) in [5.74, 6) is 0.147. The van der Waals surface area contributed by atoms with Crippen LogP contribution in [-0.4, -0.2) is 20.8 Å². The first kappa shape index (κ1) is 19.1. The highest BCUT2D eigenvalue weighted by molar-refractivity contribution is 6.35. The standard InChI is InChI=1S/C19H16ClN5O3/c1-11-4-2-3-5-13(11)18(24-26)14-7-6-12(10-15(14)20)22-17-9-8-16(25(27)28)19(21)23-17/h2-10,26H,1H3,(H3,21,22,23). The molecule has 0 unspecified atom stereocenters. The second kappa shape index (κ2) is 7.93. The van der Waals surface area contributed by atoms with Gasteiger partial charge in [-0.3, -0.25) is 10.1 Å². The molecule has 1 heterocycles. The summed E-state index contributed by atoms with van der Waals surface area (Å²) < 4.78 is 0. The molecule has 28 heavy (non-hydrogen) atoms. The van der Waals surface area contributed by atoms with Gasteiger partial charge in [0, 0.05) is 22.9 Å². The maximum absolute atomic E-state index is 10.8. The first-order chi connectivity index (χ1) is 13.4. The Bertz CT molecular complexity index is 1080. The van der Waals surface area contributed by atoms with E-state index in [1.165, 1.54) is 12.1 Å². The minimum atomic E-state index is -0.598. The predicted molar refractivity (Wildman–Crippen MR) is 109 cm³/mol. The largest absolute Gasteiger partial charge is 0.410 e. The zero-order chi connectivity index (χ0) is 20.3. The zero-order valence-electron chi connectivity index (χ0n) is 14.8. The second-order valence-corrected chi connectivity index (χ2v) is 6.35. The molecule has 0 radical (unpaired) electrons. The summed E-state index contributed by atoms with van der Waals surface area (Å²) in [4.78, 5) is 14.2. The lowest BCUT2D eigenvalue weighted by atomic mass is 9.98. The van der Waals surface area contributed by atoms with Crippen LogP contribution in [0.1, 0.15) is 16.7 Å². The van der Waals surface area contributed by atoms with Crippen molar-refractivity contribution >= 4 is 40.3 Å². The number of nitro groups is 1. The summed E-state index contributed by atoms with van der Waals surface area (Å²) >= 11 is 6.40. The first-order valence-electron chi connectivity index (χ1n) is 8.16. The molecule has 3 aromatic rings. The SMILES string of the molecule is Cc1ccccc1C(=NO)c1ccc(Nc2ccc([N+](=O)[O-])c(N)n2)cc1Cl. The normalized spacial score (nSPS) is 11.3. The number of nitrogen functional groups attached to an aromatic ring is 1. The number of oxime groups is 1. The van der Waals surface area contributed by atoms with E-state index in [1.807, 2.05) is 31.2 Å². The summed E-state index contributed by atoms with van der Waals surface area (Å²) in [6.45, 7) is 1.91. The molecule has 8 nitrogen and oxygen atoms in total. The van der Waals surface area contributed by atoms with Gasteiger partial charge in [-0.15, -0.1) is 0 Å². The molecule has 0 aliphatic heterocycles. The molecule has 4 N–H and O–H groups in total. The van der Waals surface area contributed by atoms with Gasteiger partial charge in [0.15, 0.2) is 0 Å². The third-order valence-corrected chi connectivity index (χ3v) is 4.41. The van der Waals surface area contributed by atoms with Crippen molar-refractivity contribution in [1.82, 2.24) is 4.98 Å². The van der Waals surface area contributed by atoms with Gasteiger partial charge >= 0.3 is 5.69 Å². The molecule has 0 amide bonds. The van der Waals surface area contributed by atoms with Gasteiger partial charge in [0.05, 0.1) is 9.95 Å². The molecule has 9 heteroatoms. The Labute approximate surface area is 165 Å². The number of halogens is 1. The second-order valence-electron chi connectivity index (χ2n) is 5.94. The molecule has 0 saturated heterocycles. The maximum Gasteiger partial charge on any atom is 0.311 e. The molecule has 0 aliphatic rings. The van der Waals surface area contributed by atoms with Gasteiger partial charge in [0.25, 0.3) is 0 Å². The van der Waals surface area contributed by atoms with Crippen LogP contribution in [-0.2, 0) is 0 Å². The fourth-order valence-corrected chi connectivity index (χ4v) is 2.99. The molecule has 142 valence electrons. The third-order valence-electron chi connectivity index (χ3n) is 4.10. The van der Waals surface area contributed by atoms with Crippen LogP contribution in [0, 0.1) is 17.0 Å². The van der Waals surface area contributed by atoms with Crippen LogP contribution < -0.4 is 11.1 Å². The van der Waals surface area contributed by atoms with Crippen LogP contribution in [0.4, 0.5) is 23.0 Å². The Morgan fingerprint density at radius 3 is 2.57 bits per heavy atom. The Kier molecular flexibility index (Phi) is 5.42. The number of pyridine rings is 1. The Balaban J connectivity index is 1.89. The molecule has 2 aromatic carbocycles. The van der Waals surface area contributed by atoms with Crippen LogP contribution in [0.15, 0.2) is 59.8 Å². The predicted octanol–water partition coefficient (Wildman–Crippen LogP) is 4.50. The fraction of sp³-hybridized carbons (Fsp3) is 0.0526. The summed E-state index contributed by atoms with van der Waals surface area (Å²) in [5, 5.41) is 27.1. The molecule has 3 rings (SSSR count). The van der Waals surface area contributed by atoms with Crippen LogP contribution in [0.2, 0.25) is 5.02 Å². The number of rotatable bonds is 5. The monoisotopic (exact) mass is 397 g/mol. The van der Waals surface area contributed by atoms with Crippen molar-refractivity contribution in [3.8, 4) is 0 Å². The van der Waals surface area contributed by atoms with E-state index in [9.17, 15) is 15.3 Å². The van der Waals surface area contributed by atoms with E-state index in [1.54, 1.807) is 18.2 Å². The molecule has 0 bridgehead atoms. The van der Waals surface area contributed by atoms with Crippen molar-refractivity contribution in [2.45, 2.75) is 6.92 Å². The van der Waals surface area contributed by atoms with Crippen molar-refractivity contribution < 1.29 is 10.1 Å². The number of aromatic nitrogens is 1. The quantitative estimate of drug-likeness (QED) is 0.251. The smallest absolute Gasteiger partial charge is 0.311 e. The van der Waals surface area contributed by atoms with Gasteiger partial charge in [-0.25, -0.2) is 4.98 Å². The molecule has 0 atom stereocenters. The van der Waals surface area contributed by atoms with Crippen LogP contribution >= 0.6 is 11.6 Å². The number of anilines is 3. The summed E-state index contributed by atoms with van der Waals surface area (Å²) in [5.41, 5.74) is 8.55. The van der Waals surface area contributed by atoms with Crippen molar-refractivity contribution in [2.24, 2.45) is 5.16 Å². The van der Waals surface area contributed by atoms with Crippen molar-refractivity contribution in [3.05, 3.63) is 86.4 Å². The lowest BCUT2D eigenvalue weighted by Crippen LogP contribution is -2.07. The van der Waals surface area contributed by atoms with Gasteiger partial charge in [-0.1, -0.05) is 41.0 Å². The molecule has 0 aliphatic carbocycles. The molecule has 0 spiro atoms. The van der Waals surface area contributed by atoms with E-state index in [0.29, 0.717) is 27.8 Å². The minimum absolute atomic E-state index is 0.188. The highest BCUT2D eigenvalue weighted by atomic mass is 35.5. The molecule has 1 aromatic heterocycles. The lowest BCUT2D eigenvalue weighted by Gasteiger charge is -2.12. The van der Waals surface area contributed by atoms with Crippen LogP contribution in [0.3, 0.4) is 0 Å². The first-order valence-corrected chi connectivity index (χ1v) is 8.54. The van der Waals surface area contributed by atoms with Gasteiger partial charge in [-0.2, -0.15) is 0 Å². The highest BCUT2D eigenvalue weighted by Gasteiger charge is 2.15. The topological polar surface area (TPSA) is 127 Å². The van der Waals surface area contributed by atoms with E-state index in [0.717, 1.165) is 11.1 Å². The Hall–Kier alpha value is -3.65. The van der Waals surface area contributed by atoms with Gasteiger partial charge in [0.1, 0.15) is 11.5 Å². The zero-order valence-corrected chi connectivity index (χ0v) is 15.5. The number of nitrogens with zero attached hydrogens (tertiary/aromatic N) is 3. The number of nitrogens with two attached hydrogens (primary N) is 1. The van der Waals surface area contributed by atoms with E-state index in [-0.39, 0.29) is 11.5 Å². The molecule has 0 fully saturated rings. The van der Waals surface area contributed by atoms with E-state index in [2.05, 4.69) is 15.5 Å². The number of aryl methyl sites for hydroxylation is 1. The van der Waals surface area contributed by atoms with Crippen molar-refractivity contribution in [1.29, 1.82) is 0 Å². The highest BCUT2D eigenvalue weighted by Crippen LogP contribution is 2.28. The summed E-state index contributed by atoms with van der Waals surface area (Å²) in [7, 11) is 0. The van der Waals surface area contributed by atoms with E-state index < -0.39 is 4.92 Å².